The van der Waals surface area contributed by atoms with Crippen LogP contribution < -0.4 is 21.3 Å². The van der Waals surface area contributed by atoms with Gasteiger partial charge in [-0.2, -0.15) is 0 Å². The second kappa shape index (κ2) is 6.17. The second-order valence-electron chi connectivity index (χ2n) is 7.61. The van der Waals surface area contributed by atoms with E-state index >= 15 is 0 Å². The van der Waals surface area contributed by atoms with Gasteiger partial charge >= 0.3 is 0 Å². The van der Waals surface area contributed by atoms with Crippen molar-refractivity contribution in [1.82, 2.24) is 25.9 Å². The molecule has 3 atom stereocenters. The van der Waals surface area contributed by atoms with Crippen LogP contribution in [-0.4, -0.2) is 34.8 Å². The van der Waals surface area contributed by atoms with Gasteiger partial charge in [-0.05, 0) is 44.2 Å². The Morgan fingerprint density at radius 3 is 2.88 bits per heavy atom. The Morgan fingerprint density at radius 2 is 2.12 bits per heavy atom. The summed E-state index contributed by atoms with van der Waals surface area (Å²) in [5.74, 6) is 0.967. The zero-order valence-corrected chi connectivity index (χ0v) is 14.9. The van der Waals surface area contributed by atoms with Gasteiger partial charge < -0.3 is 10.6 Å². The van der Waals surface area contributed by atoms with Gasteiger partial charge in [-0.3, -0.25) is 15.4 Å². The number of fused-ring (bicyclic) bond motifs is 2. The molecular weight excluding hydrogens is 328 g/mol. The summed E-state index contributed by atoms with van der Waals surface area (Å²) in [6, 6.07) is 6.76. The lowest BCUT2D eigenvalue weighted by atomic mass is 9.93. The van der Waals surface area contributed by atoms with E-state index in [4.69, 9.17) is 9.97 Å². The van der Waals surface area contributed by atoms with E-state index in [1.807, 2.05) is 19.1 Å². The number of hydrogen-bond donors (Lipinski definition) is 4. The lowest BCUT2D eigenvalue weighted by Gasteiger charge is -2.27. The van der Waals surface area contributed by atoms with Gasteiger partial charge in [-0.25, -0.2) is 9.97 Å². The van der Waals surface area contributed by atoms with Crippen LogP contribution in [0, 0.1) is 12.8 Å². The van der Waals surface area contributed by atoms with Crippen molar-refractivity contribution >= 4 is 22.8 Å². The maximum absolute atomic E-state index is 12.1. The fourth-order valence-electron chi connectivity index (χ4n) is 4.20. The Labute approximate surface area is 152 Å². The molecule has 1 aromatic heterocycles. The topological polar surface area (TPSA) is 91.0 Å². The number of para-hydroxylation sites is 1. The molecule has 136 valence electrons. The summed E-state index contributed by atoms with van der Waals surface area (Å²) in [6.45, 7) is 2.53. The molecule has 7 heteroatoms. The number of carbonyl (C=O) groups excluding carboxylic acids is 1. The molecular formula is C19H24N6O. The zero-order valence-electron chi connectivity index (χ0n) is 14.9. The first-order chi connectivity index (χ1) is 12.7. The molecule has 26 heavy (non-hydrogen) atoms. The maximum Gasteiger partial charge on any atom is 0.227 e. The number of aromatic nitrogens is 2. The summed E-state index contributed by atoms with van der Waals surface area (Å²) >= 11 is 0. The summed E-state index contributed by atoms with van der Waals surface area (Å²) in [7, 11) is 0. The molecule has 3 aliphatic rings. The molecule has 1 saturated carbocycles. The zero-order chi connectivity index (χ0) is 17.7. The van der Waals surface area contributed by atoms with E-state index in [0.717, 1.165) is 34.5 Å². The van der Waals surface area contributed by atoms with Gasteiger partial charge in [0.1, 0.15) is 5.82 Å². The third kappa shape index (κ3) is 2.62. The molecule has 4 N–H and O–H groups in total. The Hall–Kier alpha value is -2.25. The van der Waals surface area contributed by atoms with Crippen molar-refractivity contribution < 1.29 is 4.79 Å². The molecule has 5 rings (SSSR count). The molecule has 0 radical (unpaired) electrons. The minimum atomic E-state index is -0.0463. The van der Waals surface area contributed by atoms with Crippen molar-refractivity contribution in [2.24, 2.45) is 5.92 Å². The number of anilines is 1. The van der Waals surface area contributed by atoms with E-state index < -0.39 is 0 Å². The molecule has 3 unspecified atom stereocenters. The van der Waals surface area contributed by atoms with Crippen LogP contribution in [0.25, 0.3) is 11.0 Å². The van der Waals surface area contributed by atoms with Crippen LogP contribution in [0.2, 0.25) is 0 Å². The highest BCUT2D eigenvalue weighted by Crippen LogP contribution is 2.35. The van der Waals surface area contributed by atoms with Crippen molar-refractivity contribution in [3.8, 4) is 0 Å². The normalized spacial score (nSPS) is 28.5. The van der Waals surface area contributed by atoms with Crippen LogP contribution >= 0.6 is 0 Å². The summed E-state index contributed by atoms with van der Waals surface area (Å²) in [5, 5.41) is 13.3. The van der Waals surface area contributed by atoms with E-state index in [-0.39, 0.29) is 24.0 Å². The molecule has 3 heterocycles. The van der Waals surface area contributed by atoms with Crippen LogP contribution in [0.1, 0.15) is 43.0 Å². The standard InChI is InChI=1S/C19H24N6O/c1-10-17(23-11-4-2-5-11)25-16-12(6-3-7-14(16)22-10)15-8-13-18(24-15)20-9-21-19(13)26/h3,6-7,11,13,15,18,20,24H,2,4-5,8-9H2,1H3,(H,21,26)(H,23,25). The number of rotatable bonds is 3. The lowest BCUT2D eigenvalue weighted by Crippen LogP contribution is -2.56. The van der Waals surface area contributed by atoms with E-state index in [2.05, 4.69) is 27.3 Å². The monoisotopic (exact) mass is 352 g/mol. The number of nitrogens with zero attached hydrogens (tertiary/aromatic N) is 2. The minimum Gasteiger partial charge on any atom is -0.366 e. The van der Waals surface area contributed by atoms with Crippen LogP contribution in [0.5, 0.6) is 0 Å². The molecule has 2 aromatic rings. The number of aryl methyl sites for hydroxylation is 1. The largest absolute Gasteiger partial charge is 0.366 e. The third-order valence-electron chi connectivity index (χ3n) is 5.92. The molecule has 0 spiro atoms. The number of carbonyl (C=O) groups is 1. The quantitative estimate of drug-likeness (QED) is 0.670. The van der Waals surface area contributed by atoms with Crippen molar-refractivity contribution in [3.05, 3.63) is 29.5 Å². The van der Waals surface area contributed by atoms with Crippen molar-refractivity contribution in [2.45, 2.75) is 50.9 Å². The predicted molar refractivity (Wildman–Crippen MR) is 99.5 cm³/mol. The fraction of sp³-hybridized carbons (Fsp3) is 0.526. The average Bonchev–Trinajstić information content (AvgIpc) is 3.03. The van der Waals surface area contributed by atoms with Crippen molar-refractivity contribution in [3.63, 3.8) is 0 Å². The Bertz CT molecular complexity index is 864. The number of amides is 1. The van der Waals surface area contributed by atoms with E-state index in [9.17, 15) is 4.79 Å². The SMILES string of the molecule is Cc1nc2cccc(C3CC4C(=O)NCNC4N3)c2nc1NC1CCC1. The molecule has 1 amide bonds. The van der Waals surface area contributed by atoms with Crippen molar-refractivity contribution in [2.75, 3.05) is 12.0 Å². The van der Waals surface area contributed by atoms with Gasteiger partial charge in [-0.15, -0.1) is 0 Å². The molecule has 0 bridgehead atoms. The highest BCUT2D eigenvalue weighted by molar-refractivity contribution is 5.82. The van der Waals surface area contributed by atoms with Crippen LogP contribution in [-0.2, 0) is 4.79 Å². The molecule has 2 saturated heterocycles. The second-order valence-corrected chi connectivity index (χ2v) is 7.61. The van der Waals surface area contributed by atoms with E-state index in [1.165, 1.54) is 19.3 Å². The summed E-state index contributed by atoms with van der Waals surface area (Å²) < 4.78 is 0. The molecule has 7 nitrogen and oxygen atoms in total. The number of hydrogen-bond acceptors (Lipinski definition) is 6. The summed E-state index contributed by atoms with van der Waals surface area (Å²) in [4.78, 5) is 21.9. The third-order valence-corrected chi connectivity index (χ3v) is 5.92. The van der Waals surface area contributed by atoms with Gasteiger partial charge in [-0.1, -0.05) is 12.1 Å². The predicted octanol–water partition coefficient (Wildman–Crippen LogP) is 1.56. The molecule has 2 aliphatic heterocycles. The highest BCUT2D eigenvalue weighted by atomic mass is 16.2. The van der Waals surface area contributed by atoms with Gasteiger partial charge in [0.05, 0.1) is 35.5 Å². The minimum absolute atomic E-state index is 0.0231. The number of nitrogens with one attached hydrogen (secondary N) is 4. The first-order valence-corrected chi connectivity index (χ1v) is 9.50. The van der Waals surface area contributed by atoms with Crippen molar-refractivity contribution in [1.29, 1.82) is 0 Å². The van der Waals surface area contributed by atoms with E-state index in [1.54, 1.807) is 0 Å². The van der Waals surface area contributed by atoms with Crippen LogP contribution in [0.15, 0.2) is 18.2 Å². The maximum atomic E-state index is 12.1. The van der Waals surface area contributed by atoms with E-state index in [0.29, 0.717) is 12.7 Å². The Balaban J connectivity index is 1.51. The smallest absolute Gasteiger partial charge is 0.227 e. The first kappa shape index (κ1) is 16.0. The molecule has 1 aromatic carbocycles. The van der Waals surface area contributed by atoms with Crippen LogP contribution in [0.4, 0.5) is 5.82 Å². The molecule has 1 aliphatic carbocycles. The average molecular weight is 352 g/mol. The van der Waals surface area contributed by atoms with Gasteiger partial charge in [0.25, 0.3) is 0 Å². The lowest BCUT2D eigenvalue weighted by molar-refractivity contribution is -0.127. The van der Waals surface area contributed by atoms with Gasteiger partial charge in [0, 0.05) is 12.1 Å². The van der Waals surface area contributed by atoms with Gasteiger partial charge in [0.15, 0.2) is 0 Å². The summed E-state index contributed by atoms with van der Waals surface area (Å²) in [6.07, 6.45) is 4.48. The highest BCUT2D eigenvalue weighted by Gasteiger charge is 2.41. The Morgan fingerprint density at radius 1 is 1.23 bits per heavy atom. The first-order valence-electron chi connectivity index (χ1n) is 9.50. The van der Waals surface area contributed by atoms with Gasteiger partial charge in [0.2, 0.25) is 5.91 Å². The summed E-state index contributed by atoms with van der Waals surface area (Å²) in [5.41, 5.74) is 3.90. The Kier molecular flexibility index (Phi) is 3.79. The number of benzene rings is 1. The molecule has 3 fully saturated rings. The fourth-order valence-corrected chi connectivity index (χ4v) is 4.20. The van der Waals surface area contributed by atoms with Crippen LogP contribution in [0.3, 0.4) is 0 Å².